The summed E-state index contributed by atoms with van der Waals surface area (Å²) in [6.07, 6.45) is -14.8. The minimum atomic E-state index is -1.66. The summed E-state index contributed by atoms with van der Waals surface area (Å²) in [5, 5.41) is 82.9. The lowest BCUT2D eigenvalue weighted by molar-refractivity contribution is -0.322. The van der Waals surface area contributed by atoms with E-state index < -0.39 is 74.5 Å². The van der Waals surface area contributed by atoms with Gasteiger partial charge < -0.3 is 61.4 Å². The molecular weight excluding hydrogens is 394 g/mol. The summed E-state index contributed by atoms with van der Waals surface area (Å²) in [6.45, 7) is -0.116. The van der Waals surface area contributed by atoms with Gasteiger partial charge in [-0.1, -0.05) is 0 Å². The molecule has 2 heterocycles. The second-order valence-electron chi connectivity index (χ2n) is 7.22. The Morgan fingerprint density at radius 1 is 0.690 bits per heavy atom. The summed E-state index contributed by atoms with van der Waals surface area (Å²) in [4.78, 5) is 1.29. The first-order chi connectivity index (χ1) is 13.8. The molecule has 10 atom stereocenters. The molecule has 0 aromatic rings. The number of nitrogens with zero attached hydrogens (tertiary/aromatic N) is 1. The molecule has 2 fully saturated rings. The Balaban J connectivity index is 2.27. The molecule has 2 rings (SSSR count). The summed E-state index contributed by atoms with van der Waals surface area (Å²) in [7, 11) is 0. The molecule has 13 nitrogen and oxygen atoms in total. The molecule has 0 radical (unpaired) electrons. The van der Waals surface area contributed by atoms with Crippen molar-refractivity contribution in [3.05, 3.63) is 0 Å². The highest BCUT2D eigenvalue weighted by Crippen LogP contribution is 2.30. The van der Waals surface area contributed by atoms with Crippen LogP contribution in [0.1, 0.15) is 0 Å². The van der Waals surface area contributed by atoms with Crippen molar-refractivity contribution in [3.63, 3.8) is 0 Å². The second-order valence-corrected chi connectivity index (χ2v) is 7.22. The fourth-order valence-corrected chi connectivity index (χ4v) is 3.55. The van der Waals surface area contributed by atoms with Gasteiger partial charge in [-0.3, -0.25) is 0 Å². The maximum Gasteiger partial charge on any atom is 0.142 e. The average molecular weight is 427 g/mol. The minimum Gasteiger partial charge on any atom is -0.394 e. The highest BCUT2D eigenvalue weighted by molar-refractivity contribution is 4.97. The normalized spacial score (nSPS) is 43.7. The molecule has 0 aromatic heterocycles. The van der Waals surface area contributed by atoms with E-state index >= 15 is 0 Å². The zero-order chi connectivity index (χ0) is 21.7. The Kier molecular flexibility index (Phi) is 9.56. The van der Waals surface area contributed by atoms with Gasteiger partial charge in [0, 0.05) is 26.2 Å². The highest BCUT2D eigenvalue weighted by Gasteiger charge is 2.52. The lowest BCUT2D eigenvalue weighted by Gasteiger charge is -2.50. The molecule has 2 unspecified atom stereocenters. The molecule has 13 heteroatoms. The van der Waals surface area contributed by atoms with E-state index in [1.54, 1.807) is 0 Å². The van der Waals surface area contributed by atoms with Gasteiger partial charge in [0.1, 0.15) is 61.3 Å². The van der Waals surface area contributed by atoms with Crippen molar-refractivity contribution in [1.29, 1.82) is 0 Å². The Morgan fingerprint density at radius 3 is 1.52 bits per heavy atom. The highest BCUT2D eigenvalue weighted by atomic mass is 16.6. The third-order valence-electron chi connectivity index (χ3n) is 5.26. The van der Waals surface area contributed by atoms with Crippen molar-refractivity contribution < 1.29 is 50.3 Å². The average Bonchev–Trinajstić information content (AvgIpc) is 2.72. The topological polar surface area (TPSA) is 222 Å². The zero-order valence-electron chi connectivity index (χ0n) is 15.9. The summed E-state index contributed by atoms with van der Waals surface area (Å²) >= 11 is 0. The molecule has 172 valence electrons. The van der Waals surface area contributed by atoms with Crippen LogP contribution >= 0.6 is 0 Å². The van der Waals surface area contributed by atoms with E-state index in [2.05, 4.69) is 5.32 Å². The van der Waals surface area contributed by atoms with Crippen molar-refractivity contribution in [2.24, 2.45) is 5.73 Å². The minimum absolute atomic E-state index is 0.0609. The predicted molar refractivity (Wildman–Crippen MR) is 96.2 cm³/mol. The number of hydrogen-bond acceptors (Lipinski definition) is 13. The molecule has 0 spiro atoms. The fourth-order valence-electron chi connectivity index (χ4n) is 3.55. The van der Waals surface area contributed by atoms with Gasteiger partial charge in [-0.05, 0) is 0 Å². The first-order valence-electron chi connectivity index (χ1n) is 9.56. The van der Waals surface area contributed by atoms with Crippen LogP contribution in [0.5, 0.6) is 0 Å². The first-order valence-corrected chi connectivity index (χ1v) is 9.56. The molecule has 0 aliphatic carbocycles. The molecular formula is C16H33N3O10. The Bertz CT molecular complexity index is 452. The van der Waals surface area contributed by atoms with Crippen LogP contribution in [0.4, 0.5) is 0 Å². The molecule has 0 aromatic carbocycles. The van der Waals surface area contributed by atoms with E-state index in [0.717, 1.165) is 0 Å². The van der Waals surface area contributed by atoms with Crippen LogP contribution in [0.25, 0.3) is 0 Å². The van der Waals surface area contributed by atoms with E-state index in [4.69, 9.17) is 15.2 Å². The Morgan fingerprint density at radius 2 is 1.14 bits per heavy atom. The molecule has 29 heavy (non-hydrogen) atoms. The van der Waals surface area contributed by atoms with E-state index in [1.165, 1.54) is 4.90 Å². The molecule has 0 saturated carbocycles. The predicted octanol–water partition coefficient (Wildman–Crippen LogP) is -6.56. The van der Waals surface area contributed by atoms with Crippen LogP contribution in [0.15, 0.2) is 0 Å². The Labute approximate surface area is 167 Å². The molecule has 2 aliphatic rings. The number of aliphatic hydroxyl groups excluding tert-OH is 8. The van der Waals surface area contributed by atoms with Crippen molar-refractivity contribution in [1.82, 2.24) is 10.2 Å². The van der Waals surface area contributed by atoms with E-state index in [-0.39, 0.29) is 13.1 Å². The summed E-state index contributed by atoms with van der Waals surface area (Å²) in [5.41, 5.74) is 5.43. The number of ether oxygens (including phenoxy) is 2. The standard InChI is InChI=1S/C16H33N3O10/c17-1-2-18-3-4-19(15-13(26)11(24)9(22)7(5-20)28-15)16-14(27)12(25)10(23)8(6-21)29-16/h7-16,18,20-27H,1-6,17H2/t7-,8-,9-,10-,11-,12-,13-,14-,15?,16?/m1/s1. The van der Waals surface area contributed by atoms with Crippen LogP contribution in [0.3, 0.4) is 0 Å². The van der Waals surface area contributed by atoms with E-state index in [1.807, 2.05) is 0 Å². The second kappa shape index (κ2) is 11.2. The zero-order valence-corrected chi connectivity index (χ0v) is 15.9. The molecule has 0 amide bonds. The van der Waals surface area contributed by atoms with Crippen LogP contribution in [0.2, 0.25) is 0 Å². The number of nitrogens with one attached hydrogen (secondary N) is 1. The number of hydrogen-bond donors (Lipinski definition) is 10. The molecule has 0 bridgehead atoms. The van der Waals surface area contributed by atoms with Crippen LogP contribution in [-0.2, 0) is 9.47 Å². The van der Waals surface area contributed by atoms with Gasteiger partial charge in [-0.25, -0.2) is 4.90 Å². The Hall–Kier alpha value is -0.520. The van der Waals surface area contributed by atoms with Gasteiger partial charge >= 0.3 is 0 Å². The van der Waals surface area contributed by atoms with Gasteiger partial charge in [-0.15, -0.1) is 0 Å². The van der Waals surface area contributed by atoms with Gasteiger partial charge in [0.15, 0.2) is 0 Å². The number of rotatable bonds is 9. The van der Waals surface area contributed by atoms with Crippen molar-refractivity contribution in [2.45, 2.75) is 61.3 Å². The van der Waals surface area contributed by atoms with Crippen LogP contribution < -0.4 is 11.1 Å². The lowest BCUT2D eigenvalue weighted by Crippen LogP contribution is -2.70. The number of nitrogens with two attached hydrogens (primary N) is 1. The third kappa shape index (κ3) is 5.40. The first kappa shape index (κ1) is 24.7. The number of aliphatic hydroxyl groups is 8. The maximum absolute atomic E-state index is 10.5. The largest absolute Gasteiger partial charge is 0.394 e. The van der Waals surface area contributed by atoms with E-state index in [0.29, 0.717) is 13.1 Å². The monoisotopic (exact) mass is 427 g/mol. The van der Waals surface area contributed by atoms with Crippen LogP contribution in [0, 0.1) is 0 Å². The lowest BCUT2D eigenvalue weighted by atomic mass is 9.95. The van der Waals surface area contributed by atoms with Crippen molar-refractivity contribution in [2.75, 3.05) is 39.4 Å². The fraction of sp³-hybridized carbons (Fsp3) is 1.00. The quantitative estimate of drug-likeness (QED) is 0.155. The summed E-state index contributed by atoms with van der Waals surface area (Å²) in [6, 6.07) is 0. The smallest absolute Gasteiger partial charge is 0.142 e. The van der Waals surface area contributed by atoms with Gasteiger partial charge in [0.05, 0.1) is 13.2 Å². The molecule has 2 aliphatic heterocycles. The SMILES string of the molecule is NCCNCCN(C1O[C@H](CO)[C@@H](O)[C@@H](O)[C@H]1O)C1O[C@H](CO)[C@@H](O)[C@@H](O)[C@H]1O. The van der Waals surface area contributed by atoms with E-state index in [9.17, 15) is 40.9 Å². The molecule has 2 saturated heterocycles. The van der Waals surface area contributed by atoms with Crippen LogP contribution in [-0.4, -0.2) is 146 Å². The third-order valence-corrected chi connectivity index (χ3v) is 5.26. The van der Waals surface area contributed by atoms with Crippen molar-refractivity contribution >= 4 is 0 Å². The summed E-state index contributed by atoms with van der Waals surface area (Å²) in [5.74, 6) is 0. The van der Waals surface area contributed by atoms with Gasteiger partial charge in [0.2, 0.25) is 0 Å². The van der Waals surface area contributed by atoms with Crippen molar-refractivity contribution in [3.8, 4) is 0 Å². The van der Waals surface area contributed by atoms with Gasteiger partial charge in [0.25, 0.3) is 0 Å². The maximum atomic E-state index is 10.5. The van der Waals surface area contributed by atoms with Gasteiger partial charge in [-0.2, -0.15) is 0 Å². The summed E-state index contributed by atoms with van der Waals surface area (Å²) < 4.78 is 11.1. The molecule has 11 N–H and O–H groups in total.